The van der Waals surface area contributed by atoms with Crippen molar-refractivity contribution in [2.75, 3.05) is 0 Å². The maximum Gasteiger partial charge on any atom is 0.139 e. The van der Waals surface area contributed by atoms with Crippen molar-refractivity contribution in [2.24, 2.45) is 17.3 Å². The third-order valence-corrected chi connectivity index (χ3v) is 4.23. The average Bonchev–Trinajstić information content (AvgIpc) is 2.16. The lowest BCUT2D eigenvalue weighted by Crippen LogP contribution is -2.45. The largest absolute Gasteiger partial charge is 0.300 e. The minimum Gasteiger partial charge on any atom is -0.300 e. The molecule has 2 aliphatic rings. The molecule has 2 saturated carbocycles. The normalized spacial score (nSPS) is 43.6. The number of rotatable bonds is 0. The van der Waals surface area contributed by atoms with E-state index in [0.29, 0.717) is 18.6 Å². The van der Waals surface area contributed by atoms with Gasteiger partial charge in [0.2, 0.25) is 0 Å². The first-order valence-electron chi connectivity index (χ1n) is 5.58. The Balaban J connectivity index is 2.24. The van der Waals surface area contributed by atoms with Crippen LogP contribution in [-0.4, -0.2) is 11.6 Å². The van der Waals surface area contributed by atoms with Gasteiger partial charge in [0.1, 0.15) is 11.6 Å². The van der Waals surface area contributed by atoms with Gasteiger partial charge in [-0.3, -0.25) is 9.59 Å². The van der Waals surface area contributed by atoms with Gasteiger partial charge < -0.3 is 0 Å². The molecule has 0 aromatic carbocycles. The summed E-state index contributed by atoms with van der Waals surface area (Å²) in [6.45, 7) is 4.19. The zero-order valence-corrected chi connectivity index (χ0v) is 9.01. The molecule has 0 unspecified atom stereocenters. The summed E-state index contributed by atoms with van der Waals surface area (Å²) in [6.07, 6.45) is 4.27. The first kappa shape index (κ1) is 9.88. The molecule has 78 valence electrons. The fourth-order valence-electron chi connectivity index (χ4n) is 2.95. The molecule has 2 aliphatic carbocycles. The average molecular weight is 194 g/mol. The molecule has 3 atom stereocenters. The number of hydrogen-bond donors (Lipinski definition) is 0. The second-order valence-electron chi connectivity index (χ2n) is 5.29. The Morgan fingerprint density at radius 2 is 2.00 bits per heavy atom. The quantitative estimate of drug-likeness (QED) is 0.593. The Hall–Kier alpha value is -0.660. The molecule has 0 N–H and O–H groups in total. The van der Waals surface area contributed by atoms with Crippen molar-refractivity contribution in [2.45, 2.75) is 46.0 Å². The van der Waals surface area contributed by atoms with Gasteiger partial charge in [-0.25, -0.2) is 0 Å². The molecule has 0 aromatic rings. The van der Waals surface area contributed by atoms with Gasteiger partial charge in [0, 0.05) is 24.7 Å². The number of fused-ring (bicyclic) bond motifs is 1. The lowest BCUT2D eigenvalue weighted by atomic mass is 9.58. The van der Waals surface area contributed by atoms with Gasteiger partial charge in [0.15, 0.2) is 0 Å². The fraction of sp³-hybridized carbons (Fsp3) is 0.833. The topological polar surface area (TPSA) is 34.1 Å². The predicted octanol–water partition coefficient (Wildman–Crippen LogP) is 2.36. The Morgan fingerprint density at radius 3 is 2.71 bits per heavy atom. The van der Waals surface area contributed by atoms with E-state index in [1.54, 1.807) is 0 Å². The summed E-state index contributed by atoms with van der Waals surface area (Å²) in [4.78, 5) is 23.3. The van der Waals surface area contributed by atoms with E-state index in [1.165, 1.54) is 0 Å². The van der Waals surface area contributed by atoms with Crippen LogP contribution in [-0.2, 0) is 9.59 Å². The van der Waals surface area contributed by atoms with Gasteiger partial charge >= 0.3 is 0 Å². The number of Topliss-reactive ketones (excluding diaryl/α,β-unsaturated/α-hetero) is 2. The second-order valence-corrected chi connectivity index (χ2v) is 5.29. The number of carbonyl (C=O) groups excluding carboxylic acids is 2. The zero-order chi connectivity index (χ0) is 10.3. The van der Waals surface area contributed by atoms with Crippen molar-refractivity contribution in [3.8, 4) is 0 Å². The van der Waals surface area contributed by atoms with Crippen LogP contribution in [0.3, 0.4) is 0 Å². The zero-order valence-electron chi connectivity index (χ0n) is 9.01. The molecular weight excluding hydrogens is 176 g/mol. The molecule has 0 amide bonds. The molecule has 0 bridgehead atoms. The summed E-state index contributed by atoms with van der Waals surface area (Å²) in [5, 5.41) is 0. The van der Waals surface area contributed by atoms with E-state index >= 15 is 0 Å². The number of ketones is 2. The van der Waals surface area contributed by atoms with Gasteiger partial charge in [-0.2, -0.15) is 0 Å². The van der Waals surface area contributed by atoms with Gasteiger partial charge in [-0.15, -0.1) is 0 Å². The van der Waals surface area contributed by atoms with Crippen molar-refractivity contribution < 1.29 is 9.59 Å². The highest BCUT2D eigenvalue weighted by Gasteiger charge is 2.47. The van der Waals surface area contributed by atoms with Crippen LogP contribution in [0, 0.1) is 17.3 Å². The fourth-order valence-corrected chi connectivity index (χ4v) is 2.95. The van der Waals surface area contributed by atoms with E-state index in [4.69, 9.17) is 0 Å². The summed E-state index contributed by atoms with van der Waals surface area (Å²) in [5.41, 5.74) is 0.136. The SMILES string of the molecule is C[C@H]1CC[C@]2(C)CCC(=O)C[C@@H]2C1=O. The summed E-state index contributed by atoms with van der Waals surface area (Å²) in [5.74, 6) is 0.841. The van der Waals surface area contributed by atoms with Crippen LogP contribution < -0.4 is 0 Å². The highest BCUT2D eigenvalue weighted by molar-refractivity contribution is 5.91. The molecule has 2 rings (SSSR count). The lowest BCUT2D eigenvalue weighted by Gasteiger charge is -2.45. The van der Waals surface area contributed by atoms with Crippen LogP contribution in [0.15, 0.2) is 0 Å². The van der Waals surface area contributed by atoms with Crippen LogP contribution >= 0.6 is 0 Å². The molecule has 0 aromatic heterocycles. The summed E-state index contributed by atoms with van der Waals surface area (Å²) in [6, 6.07) is 0. The van der Waals surface area contributed by atoms with Crippen LogP contribution in [0.2, 0.25) is 0 Å². The van der Waals surface area contributed by atoms with E-state index < -0.39 is 0 Å². The monoisotopic (exact) mass is 194 g/mol. The summed E-state index contributed by atoms with van der Waals surface area (Å²) < 4.78 is 0. The minimum absolute atomic E-state index is 0.0347. The maximum absolute atomic E-state index is 12.0. The maximum atomic E-state index is 12.0. The smallest absolute Gasteiger partial charge is 0.139 e. The molecule has 0 saturated heterocycles. The summed E-state index contributed by atoms with van der Waals surface area (Å²) >= 11 is 0. The van der Waals surface area contributed by atoms with Gasteiger partial charge in [-0.1, -0.05) is 13.8 Å². The molecule has 14 heavy (non-hydrogen) atoms. The van der Waals surface area contributed by atoms with E-state index in [0.717, 1.165) is 19.3 Å². The van der Waals surface area contributed by atoms with Crippen molar-refractivity contribution >= 4 is 11.6 Å². The first-order valence-corrected chi connectivity index (χ1v) is 5.58. The van der Waals surface area contributed by atoms with Crippen LogP contribution in [0.25, 0.3) is 0 Å². The minimum atomic E-state index is 0.0347. The summed E-state index contributed by atoms with van der Waals surface area (Å²) in [7, 11) is 0. The van der Waals surface area contributed by atoms with Gasteiger partial charge in [0.05, 0.1) is 0 Å². The third-order valence-electron chi connectivity index (χ3n) is 4.23. The van der Waals surface area contributed by atoms with Crippen LogP contribution in [0.5, 0.6) is 0 Å². The second kappa shape index (κ2) is 3.18. The molecule has 2 fully saturated rings. The predicted molar refractivity (Wildman–Crippen MR) is 53.9 cm³/mol. The van der Waals surface area contributed by atoms with E-state index in [9.17, 15) is 9.59 Å². The Bertz CT molecular complexity index is 282. The third kappa shape index (κ3) is 1.41. The molecule has 0 heterocycles. The van der Waals surface area contributed by atoms with Crippen molar-refractivity contribution in [1.82, 2.24) is 0 Å². The lowest BCUT2D eigenvalue weighted by molar-refractivity contribution is -0.143. The molecule has 0 spiro atoms. The Kier molecular flexibility index (Phi) is 2.24. The van der Waals surface area contributed by atoms with E-state index in [1.807, 2.05) is 6.92 Å². The van der Waals surface area contributed by atoms with Gasteiger partial charge in [0.25, 0.3) is 0 Å². The molecule has 2 nitrogen and oxygen atoms in total. The van der Waals surface area contributed by atoms with Crippen LogP contribution in [0.1, 0.15) is 46.0 Å². The molecule has 0 aliphatic heterocycles. The van der Waals surface area contributed by atoms with E-state index in [-0.39, 0.29) is 23.0 Å². The standard InChI is InChI=1S/C12H18O2/c1-8-3-5-12(2)6-4-9(13)7-10(12)11(8)14/h8,10H,3-7H2,1-2H3/t8-,10+,12+/m0/s1. The van der Waals surface area contributed by atoms with Crippen LogP contribution in [0.4, 0.5) is 0 Å². The molecule has 2 heteroatoms. The van der Waals surface area contributed by atoms with E-state index in [2.05, 4.69) is 6.92 Å². The Morgan fingerprint density at radius 1 is 1.29 bits per heavy atom. The van der Waals surface area contributed by atoms with Crippen molar-refractivity contribution in [3.63, 3.8) is 0 Å². The first-order chi connectivity index (χ1) is 6.53. The number of hydrogen-bond acceptors (Lipinski definition) is 2. The molecular formula is C12H18O2. The number of carbonyl (C=O) groups is 2. The highest BCUT2D eigenvalue weighted by atomic mass is 16.1. The molecule has 0 radical (unpaired) electrons. The van der Waals surface area contributed by atoms with Crippen molar-refractivity contribution in [1.29, 1.82) is 0 Å². The highest BCUT2D eigenvalue weighted by Crippen LogP contribution is 2.48. The van der Waals surface area contributed by atoms with Crippen molar-refractivity contribution in [3.05, 3.63) is 0 Å². The Labute approximate surface area is 85.1 Å². The van der Waals surface area contributed by atoms with Gasteiger partial charge in [-0.05, 0) is 24.7 Å².